The van der Waals surface area contributed by atoms with Gasteiger partial charge < -0.3 is 9.88 Å². The van der Waals surface area contributed by atoms with Crippen LogP contribution >= 0.6 is 0 Å². The van der Waals surface area contributed by atoms with Gasteiger partial charge in [-0.25, -0.2) is 0 Å². The molecule has 3 aromatic rings. The number of aromatic amines is 1. The van der Waals surface area contributed by atoms with E-state index in [2.05, 4.69) is 40.3 Å². The molecule has 0 atom stereocenters. The van der Waals surface area contributed by atoms with Crippen LogP contribution in [0.2, 0.25) is 0 Å². The number of anilines is 1. The van der Waals surface area contributed by atoms with E-state index >= 15 is 0 Å². The molecule has 1 amide bonds. The molecule has 4 heteroatoms. The second-order valence-electron chi connectivity index (χ2n) is 6.59. The zero-order chi connectivity index (χ0) is 15.4. The molecule has 1 aliphatic carbocycles. The first kappa shape index (κ1) is 12.9. The maximum absolute atomic E-state index is 12.3. The van der Waals surface area contributed by atoms with Crippen LogP contribution in [0.1, 0.15) is 18.5 Å². The van der Waals surface area contributed by atoms with Gasteiger partial charge in [0.1, 0.15) is 0 Å². The Kier molecular flexibility index (Phi) is 2.62. The van der Waals surface area contributed by atoms with E-state index in [1.54, 1.807) is 0 Å². The molecule has 4 nitrogen and oxygen atoms in total. The number of aromatic nitrogens is 2. The first-order valence-electron chi connectivity index (χ1n) is 8.15. The summed E-state index contributed by atoms with van der Waals surface area (Å²) >= 11 is 0. The lowest BCUT2D eigenvalue weighted by Crippen LogP contribution is -2.28. The van der Waals surface area contributed by atoms with Crippen molar-refractivity contribution in [3.05, 3.63) is 48.4 Å². The molecule has 1 fully saturated rings. The largest absolute Gasteiger partial charge is 0.361 e. The average molecular weight is 303 g/mol. The molecule has 0 spiro atoms. The van der Waals surface area contributed by atoms with Gasteiger partial charge in [-0.05, 0) is 54.0 Å². The Hall–Kier alpha value is -2.62. The van der Waals surface area contributed by atoms with Gasteiger partial charge in [0.25, 0.3) is 0 Å². The molecule has 3 heterocycles. The summed E-state index contributed by atoms with van der Waals surface area (Å²) in [6.45, 7) is 0.855. The van der Waals surface area contributed by atoms with Gasteiger partial charge in [-0.2, -0.15) is 0 Å². The number of hydrogen-bond acceptors (Lipinski definition) is 2. The van der Waals surface area contributed by atoms with Gasteiger partial charge in [0.2, 0.25) is 5.91 Å². The minimum atomic E-state index is 0.192. The lowest BCUT2D eigenvalue weighted by molar-refractivity contribution is -0.117. The summed E-state index contributed by atoms with van der Waals surface area (Å²) in [5.41, 5.74) is 5.27. The summed E-state index contributed by atoms with van der Waals surface area (Å²) in [6.07, 6.45) is 6.78. The van der Waals surface area contributed by atoms with Crippen LogP contribution in [-0.2, 0) is 11.2 Å². The number of carbonyl (C=O) groups excluding carboxylic acids is 1. The molecule has 2 aliphatic rings. The van der Waals surface area contributed by atoms with Gasteiger partial charge in [0.05, 0.1) is 17.8 Å². The number of nitrogens with one attached hydrogen (secondary N) is 1. The van der Waals surface area contributed by atoms with Gasteiger partial charge in [-0.15, -0.1) is 0 Å². The van der Waals surface area contributed by atoms with Crippen molar-refractivity contribution in [2.45, 2.75) is 19.3 Å². The summed E-state index contributed by atoms with van der Waals surface area (Å²) < 4.78 is 0. The predicted octanol–water partition coefficient (Wildman–Crippen LogP) is 3.53. The van der Waals surface area contributed by atoms with Crippen LogP contribution in [-0.4, -0.2) is 22.4 Å². The molecule has 23 heavy (non-hydrogen) atoms. The van der Waals surface area contributed by atoms with Crippen LogP contribution in [0.3, 0.4) is 0 Å². The first-order chi connectivity index (χ1) is 11.3. The highest BCUT2D eigenvalue weighted by molar-refractivity contribution is 6.01. The summed E-state index contributed by atoms with van der Waals surface area (Å²) in [7, 11) is 0. The normalized spacial score (nSPS) is 17.0. The third-order valence-electron chi connectivity index (χ3n) is 4.88. The molecule has 1 saturated carbocycles. The Labute approximate surface area is 134 Å². The van der Waals surface area contributed by atoms with Crippen LogP contribution in [0.25, 0.3) is 22.0 Å². The van der Waals surface area contributed by atoms with Crippen molar-refractivity contribution >= 4 is 22.5 Å². The summed E-state index contributed by atoms with van der Waals surface area (Å²) in [5.74, 6) is 0.877. The molecule has 0 bridgehead atoms. The fraction of sp³-hybridized carbons (Fsp3) is 0.263. The number of hydrogen-bond donors (Lipinski definition) is 1. The van der Waals surface area contributed by atoms with Crippen molar-refractivity contribution in [2.24, 2.45) is 5.92 Å². The van der Waals surface area contributed by atoms with E-state index in [4.69, 9.17) is 0 Å². The third-order valence-corrected chi connectivity index (χ3v) is 4.88. The number of carbonyl (C=O) groups is 1. The van der Waals surface area contributed by atoms with Crippen molar-refractivity contribution in [1.82, 2.24) is 9.97 Å². The van der Waals surface area contributed by atoms with Crippen LogP contribution in [0, 0.1) is 5.92 Å². The zero-order valence-electron chi connectivity index (χ0n) is 12.7. The van der Waals surface area contributed by atoms with E-state index in [9.17, 15) is 4.79 Å². The van der Waals surface area contributed by atoms with E-state index in [-0.39, 0.29) is 5.91 Å². The lowest BCUT2D eigenvalue weighted by Gasteiger charge is -2.17. The van der Waals surface area contributed by atoms with Crippen molar-refractivity contribution in [3.8, 4) is 11.1 Å². The molecule has 2 aromatic heterocycles. The standard InChI is InChI=1S/C19H17N3O/c23-19-9-17-18(22(19)11-12-1-2-12)8-15(10-21-17)13-3-4-16-14(7-13)5-6-20-16/h3-8,10,12,20H,1-2,9,11H2. The van der Waals surface area contributed by atoms with E-state index in [1.165, 1.54) is 18.2 Å². The highest BCUT2D eigenvalue weighted by atomic mass is 16.2. The van der Waals surface area contributed by atoms with Gasteiger partial charge in [0.15, 0.2) is 0 Å². The number of pyridine rings is 1. The molecule has 0 unspecified atom stereocenters. The van der Waals surface area contributed by atoms with E-state index in [0.29, 0.717) is 12.3 Å². The Balaban J connectivity index is 1.57. The Morgan fingerprint density at radius 2 is 2.09 bits per heavy atom. The zero-order valence-corrected chi connectivity index (χ0v) is 12.7. The second-order valence-corrected chi connectivity index (χ2v) is 6.59. The van der Waals surface area contributed by atoms with Crippen molar-refractivity contribution < 1.29 is 4.79 Å². The molecule has 1 aromatic carbocycles. The molecule has 0 radical (unpaired) electrons. The second kappa shape index (κ2) is 4.69. The summed E-state index contributed by atoms with van der Waals surface area (Å²) in [5, 5.41) is 1.19. The van der Waals surface area contributed by atoms with Crippen molar-refractivity contribution in [2.75, 3.05) is 11.4 Å². The van der Waals surface area contributed by atoms with E-state index in [1.807, 2.05) is 17.3 Å². The Bertz CT molecular complexity index is 923. The Morgan fingerprint density at radius 3 is 2.96 bits per heavy atom. The molecule has 1 aliphatic heterocycles. The number of fused-ring (bicyclic) bond motifs is 2. The van der Waals surface area contributed by atoms with E-state index < -0.39 is 0 Å². The van der Waals surface area contributed by atoms with Crippen LogP contribution in [0.4, 0.5) is 5.69 Å². The highest BCUT2D eigenvalue weighted by Gasteiger charge is 2.33. The SMILES string of the molecule is O=C1Cc2ncc(-c3ccc4[nH]ccc4c3)cc2N1CC1CC1. The van der Waals surface area contributed by atoms with Gasteiger partial charge in [-0.1, -0.05) is 6.07 Å². The van der Waals surface area contributed by atoms with Gasteiger partial charge in [0, 0.05) is 30.0 Å². The predicted molar refractivity (Wildman–Crippen MR) is 90.3 cm³/mol. The summed E-state index contributed by atoms with van der Waals surface area (Å²) in [4.78, 5) is 22.0. The lowest BCUT2D eigenvalue weighted by atomic mass is 10.0. The monoisotopic (exact) mass is 303 g/mol. The van der Waals surface area contributed by atoms with Gasteiger partial charge in [-0.3, -0.25) is 9.78 Å². The Morgan fingerprint density at radius 1 is 1.17 bits per heavy atom. The number of amides is 1. The van der Waals surface area contributed by atoms with Gasteiger partial charge >= 0.3 is 0 Å². The fourth-order valence-corrected chi connectivity index (χ4v) is 3.37. The number of benzene rings is 1. The quantitative estimate of drug-likeness (QED) is 0.804. The number of H-pyrrole nitrogens is 1. The average Bonchev–Trinajstić information content (AvgIpc) is 3.17. The number of nitrogens with zero attached hydrogens (tertiary/aromatic N) is 2. The minimum Gasteiger partial charge on any atom is -0.361 e. The third kappa shape index (κ3) is 2.13. The maximum atomic E-state index is 12.3. The highest BCUT2D eigenvalue weighted by Crippen LogP contribution is 2.37. The maximum Gasteiger partial charge on any atom is 0.233 e. The number of rotatable bonds is 3. The molecule has 0 saturated heterocycles. The molecular weight excluding hydrogens is 286 g/mol. The molecule has 1 N–H and O–H groups in total. The van der Waals surface area contributed by atoms with Crippen LogP contribution < -0.4 is 4.90 Å². The van der Waals surface area contributed by atoms with Crippen molar-refractivity contribution in [1.29, 1.82) is 0 Å². The smallest absolute Gasteiger partial charge is 0.233 e. The first-order valence-corrected chi connectivity index (χ1v) is 8.15. The topological polar surface area (TPSA) is 49.0 Å². The van der Waals surface area contributed by atoms with Crippen LogP contribution in [0.15, 0.2) is 42.7 Å². The molecule has 114 valence electrons. The van der Waals surface area contributed by atoms with Crippen LogP contribution in [0.5, 0.6) is 0 Å². The minimum absolute atomic E-state index is 0.192. The summed E-state index contributed by atoms with van der Waals surface area (Å²) in [6, 6.07) is 10.6. The fourth-order valence-electron chi connectivity index (χ4n) is 3.37. The van der Waals surface area contributed by atoms with E-state index in [0.717, 1.165) is 34.6 Å². The molecule has 5 rings (SSSR count). The van der Waals surface area contributed by atoms with Crippen molar-refractivity contribution in [3.63, 3.8) is 0 Å². The molecular formula is C19H17N3O.